The number of amides is 2. The number of nitrogens with zero attached hydrogens (tertiary/aromatic N) is 2. The first-order valence-corrected chi connectivity index (χ1v) is 11.3. The second-order valence-corrected chi connectivity index (χ2v) is 8.44. The average Bonchev–Trinajstić information content (AvgIpc) is 3.34. The third kappa shape index (κ3) is 6.02. The third-order valence-corrected chi connectivity index (χ3v) is 5.78. The quantitative estimate of drug-likeness (QED) is 0.373. The molecule has 4 aromatic rings. The summed E-state index contributed by atoms with van der Waals surface area (Å²) in [7, 11) is 0. The third-order valence-electron chi connectivity index (χ3n) is 4.89. The molecule has 0 fully saturated rings. The van der Waals surface area contributed by atoms with E-state index < -0.39 is 5.91 Å². The molecule has 0 aliphatic heterocycles. The van der Waals surface area contributed by atoms with Crippen molar-refractivity contribution >= 4 is 28.8 Å². The zero-order chi connectivity index (χ0) is 23.9. The first-order chi connectivity index (χ1) is 16.5. The van der Waals surface area contributed by atoms with Gasteiger partial charge in [0.1, 0.15) is 18.2 Å². The van der Waals surface area contributed by atoms with Crippen LogP contribution in [0.4, 0.5) is 10.1 Å². The Hall–Kier alpha value is -4.11. The van der Waals surface area contributed by atoms with E-state index >= 15 is 0 Å². The molecule has 0 spiro atoms. The summed E-state index contributed by atoms with van der Waals surface area (Å²) in [6.07, 6.45) is 0. The Kier molecular flexibility index (Phi) is 7.24. The summed E-state index contributed by atoms with van der Waals surface area (Å²) in [5.74, 6) is -0.480. The normalized spacial score (nSPS) is 11.5. The fourth-order valence-corrected chi connectivity index (χ4v) is 3.72. The van der Waals surface area contributed by atoms with Crippen molar-refractivity contribution in [3.63, 3.8) is 0 Å². The van der Waals surface area contributed by atoms with Crippen LogP contribution in [0.25, 0.3) is 0 Å². The van der Waals surface area contributed by atoms with Crippen molar-refractivity contribution < 1.29 is 18.7 Å². The lowest BCUT2D eigenvalue weighted by atomic mass is 10.1. The van der Waals surface area contributed by atoms with Crippen LogP contribution in [0.1, 0.15) is 43.7 Å². The predicted molar refractivity (Wildman–Crippen MR) is 127 cm³/mol. The molecule has 0 saturated carbocycles. The molecular weight excluding hydrogens is 455 g/mol. The lowest BCUT2D eigenvalue weighted by Crippen LogP contribution is -2.26. The smallest absolute Gasteiger partial charge is 0.286 e. The van der Waals surface area contributed by atoms with Gasteiger partial charge in [-0.1, -0.05) is 41.7 Å². The van der Waals surface area contributed by atoms with Crippen LogP contribution in [0.5, 0.6) is 5.75 Å². The first-order valence-electron chi connectivity index (χ1n) is 10.5. The van der Waals surface area contributed by atoms with E-state index in [1.54, 1.807) is 24.3 Å². The lowest BCUT2D eigenvalue weighted by molar-refractivity contribution is 0.0939. The fourth-order valence-electron chi connectivity index (χ4n) is 3.07. The van der Waals surface area contributed by atoms with Gasteiger partial charge in [-0.25, -0.2) is 4.39 Å². The molecule has 1 aromatic heterocycles. The molecule has 0 aliphatic carbocycles. The molecule has 34 heavy (non-hydrogen) atoms. The molecule has 0 aliphatic rings. The van der Waals surface area contributed by atoms with E-state index in [1.807, 2.05) is 37.3 Å². The molecule has 172 valence electrons. The number of hydrogen-bond donors (Lipinski definition) is 2. The van der Waals surface area contributed by atoms with Crippen LogP contribution in [0, 0.1) is 5.82 Å². The van der Waals surface area contributed by atoms with Crippen LogP contribution in [-0.2, 0) is 6.61 Å². The highest BCUT2D eigenvalue weighted by Gasteiger charge is 2.15. The maximum atomic E-state index is 13.0. The second kappa shape index (κ2) is 10.7. The molecule has 9 heteroatoms. The molecular formula is C25H21FN4O3S. The van der Waals surface area contributed by atoms with Gasteiger partial charge >= 0.3 is 0 Å². The summed E-state index contributed by atoms with van der Waals surface area (Å²) in [5.41, 5.74) is 2.02. The summed E-state index contributed by atoms with van der Waals surface area (Å²) in [6, 6.07) is 21.8. The molecule has 0 saturated heterocycles. The maximum Gasteiger partial charge on any atom is 0.286 e. The van der Waals surface area contributed by atoms with Crippen molar-refractivity contribution in [1.29, 1.82) is 0 Å². The van der Waals surface area contributed by atoms with Gasteiger partial charge in [-0.05, 0) is 61.0 Å². The van der Waals surface area contributed by atoms with Crippen molar-refractivity contribution in [3.05, 3.63) is 106 Å². The van der Waals surface area contributed by atoms with Crippen molar-refractivity contribution in [2.45, 2.75) is 19.6 Å². The maximum absolute atomic E-state index is 13.0. The Morgan fingerprint density at radius 3 is 2.35 bits per heavy atom. The number of benzene rings is 3. The molecule has 2 amide bonds. The predicted octanol–water partition coefficient (Wildman–Crippen LogP) is 5.00. The van der Waals surface area contributed by atoms with Gasteiger partial charge in [-0.2, -0.15) is 0 Å². The number of carbonyl (C=O) groups excluding carboxylic acids is 2. The lowest BCUT2D eigenvalue weighted by Gasteiger charge is -2.14. The van der Waals surface area contributed by atoms with E-state index in [0.717, 1.165) is 16.9 Å². The first kappa shape index (κ1) is 23.1. The minimum Gasteiger partial charge on any atom is -0.486 e. The molecule has 2 N–H and O–H groups in total. The van der Waals surface area contributed by atoms with Gasteiger partial charge in [0, 0.05) is 11.3 Å². The van der Waals surface area contributed by atoms with Crippen LogP contribution in [-0.4, -0.2) is 22.0 Å². The Bertz CT molecular complexity index is 1260. The number of anilines is 1. The van der Waals surface area contributed by atoms with E-state index in [0.29, 0.717) is 22.0 Å². The van der Waals surface area contributed by atoms with Crippen molar-refractivity contribution in [2.24, 2.45) is 0 Å². The SMILES string of the molecule is CC(NC(=O)c1ccc(NC(=O)c2nnc(COc3ccc(F)cc3)s2)cc1)c1ccccc1. The molecule has 0 radical (unpaired) electrons. The van der Waals surface area contributed by atoms with Crippen LogP contribution < -0.4 is 15.4 Å². The van der Waals surface area contributed by atoms with E-state index in [1.165, 1.54) is 24.3 Å². The highest BCUT2D eigenvalue weighted by molar-refractivity contribution is 7.13. The Morgan fingerprint density at radius 2 is 1.65 bits per heavy atom. The highest BCUT2D eigenvalue weighted by Crippen LogP contribution is 2.18. The zero-order valence-corrected chi connectivity index (χ0v) is 19.0. The number of aromatic nitrogens is 2. The number of ether oxygens (including phenoxy) is 1. The molecule has 1 heterocycles. The average molecular weight is 477 g/mol. The Labute approximate surface area is 199 Å². The van der Waals surface area contributed by atoms with Gasteiger partial charge in [-0.15, -0.1) is 10.2 Å². The summed E-state index contributed by atoms with van der Waals surface area (Å²) in [4.78, 5) is 25.0. The largest absolute Gasteiger partial charge is 0.486 e. The van der Waals surface area contributed by atoms with Gasteiger partial charge in [0.05, 0.1) is 6.04 Å². The van der Waals surface area contributed by atoms with Crippen LogP contribution in [0.15, 0.2) is 78.9 Å². The summed E-state index contributed by atoms with van der Waals surface area (Å²) >= 11 is 1.10. The second-order valence-electron chi connectivity index (χ2n) is 7.38. The topological polar surface area (TPSA) is 93.2 Å². The van der Waals surface area contributed by atoms with Crippen molar-refractivity contribution in [2.75, 3.05) is 5.32 Å². The van der Waals surface area contributed by atoms with Gasteiger partial charge < -0.3 is 15.4 Å². The number of rotatable bonds is 8. The fraction of sp³-hybridized carbons (Fsp3) is 0.120. The number of nitrogens with one attached hydrogen (secondary N) is 2. The summed E-state index contributed by atoms with van der Waals surface area (Å²) < 4.78 is 18.5. The van der Waals surface area contributed by atoms with Gasteiger partial charge in [0.15, 0.2) is 5.01 Å². The van der Waals surface area contributed by atoms with E-state index in [4.69, 9.17) is 4.74 Å². The summed E-state index contributed by atoms with van der Waals surface area (Å²) in [6.45, 7) is 2.03. The zero-order valence-electron chi connectivity index (χ0n) is 18.2. The molecule has 7 nitrogen and oxygen atoms in total. The van der Waals surface area contributed by atoms with E-state index in [9.17, 15) is 14.0 Å². The van der Waals surface area contributed by atoms with Crippen LogP contribution >= 0.6 is 11.3 Å². The van der Waals surface area contributed by atoms with Gasteiger partial charge in [-0.3, -0.25) is 9.59 Å². The van der Waals surface area contributed by atoms with E-state index in [-0.39, 0.29) is 29.4 Å². The molecule has 0 bridgehead atoms. The minimum atomic E-state index is -0.416. The van der Waals surface area contributed by atoms with Gasteiger partial charge in [0.2, 0.25) is 5.01 Å². The van der Waals surface area contributed by atoms with Crippen molar-refractivity contribution in [1.82, 2.24) is 15.5 Å². The van der Waals surface area contributed by atoms with Crippen LogP contribution in [0.2, 0.25) is 0 Å². The Morgan fingerprint density at radius 1 is 0.941 bits per heavy atom. The van der Waals surface area contributed by atoms with E-state index in [2.05, 4.69) is 20.8 Å². The standard InChI is InChI=1S/C25H21FN4O3S/c1-16(17-5-3-2-4-6-17)27-23(31)18-7-11-20(12-8-18)28-24(32)25-30-29-22(34-25)15-33-21-13-9-19(26)10-14-21/h2-14,16H,15H2,1H3,(H,27,31)(H,28,32). The molecule has 1 atom stereocenters. The molecule has 3 aromatic carbocycles. The molecule has 4 rings (SSSR count). The monoisotopic (exact) mass is 476 g/mol. The number of halogens is 1. The van der Waals surface area contributed by atoms with Crippen molar-refractivity contribution in [3.8, 4) is 5.75 Å². The minimum absolute atomic E-state index is 0.113. The number of carbonyl (C=O) groups is 2. The number of hydrogen-bond acceptors (Lipinski definition) is 6. The molecule has 1 unspecified atom stereocenters. The van der Waals surface area contributed by atoms with Crippen LogP contribution in [0.3, 0.4) is 0 Å². The van der Waals surface area contributed by atoms with Gasteiger partial charge in [0.25, 0.3) is 11.8 Å². The Balaban J connectivity index is 1.30. The highest BCUT2D eigenvalue weighted by atomic mass is 32.1. The summed E-state index contributed by atoms with van der Waals surface area (Å²) in [5, 5.41) is 14.2.